The van der Waals surface area contributed by atoms with Crippen LogP contribution in [0.4, 0.5) is 0 Å². The van der Waals surface area contributed by atoms with E-state index in [4.69, 9.17) is 28.8 Å². The first-order valence-electron chi connectivity index (χ1n) is 9.10. The minimum absolute atomic E-state index is 0.255. The Morgan fingerprint density at radius 2 is 1.38 bits per heavy atom. The Morgan fingerprint density at radius 3 is 2.00 bits per heavy atom. The smallest absolute Gasteiger partial charge is 0.229 e. The Labute approximate surface area is 166 Å². The van der Waals surface area contributed by atoms with E-state index in [9.17, 15) is 25.5 Å². The zero-order chi connectivity index (χ0) is 21.1. The molecule has 9 atom stereocenters. The maximum Gasteiger partial charge on any atom is 0.229 e. The molecular weight excluding hydrogens is 392 g/mol. The number of para-hydroxylation sites is 2. The van der Waals surface area contributed by atoms with Crippen LogP contribution in [0.15, 0.2) is 24.3 Å². The van der Waals surface area contributed by atoms with E-state index >= 15 is 0 Å². The number of hydrogen-bond donors (Lipinski definition) is 6. The van der Waals surface area contributed by atoms with Crippen molar-refractivity contribution in [1.82, 2.24) is 0 Å². The van der Waals surface area contributed by atoms with E-state index in [0.29, 0.717) is 5.75 Å². The summed E-state index contributed by atoms with van der Waals surface area (Å²) in [6.07, 6.45) is -12.2. The standard InChI is InChI=1S/C18H26O11/c1-25-8-4-2-3-5-9(8)27-18-16(24)14(22)13(21)11(29-18)7-26-17-15(23)12(20)10(6-19)28-17/h2-5,10-24H,6-7H2,1H3/t10-,11-,12-,13-,14+,15-,16-,17+,18-/m1/s1. The molecule has 11 heteroatoms. The van der Waals surface area contributed by atoms with Gasteiger partial charge in [0.1, 0.15) is 42.7 Å². The Bertz CT molecular complexity index is 658. The Balaban J connectivity index is 1.64. The number of benzene rings is 1. The molecule has 0 radical (unpaired) electrons. The molecule has 3 rings (SSSR count). The molecule has 2 aliphatic heterocycles. The van der Waals surface area contributed by atoms with E-state index in [1.165, 1.54) is 7.11 Å². The van der Waals surface area contributed by atoms with E-state index in [1.807, 2.05) is 0 Å². The second-order valence-electron chi connectivity index (χ2n) is 6.82. The molecule has 1 aromatic carbocycles. The molecule has 2 fully saturated rings. The lowest BCUT2D eigenvalue weighted by molar-refractivity contribution is -0.290. The molecule has 2 heterocycles. The third kappa shape index (κ3) is 4.63. The van der Waals surface area contributed by atoms with Crippen LogP contribution in [0.3, 0.4) is 0 Å². The van der Waals surface area contributed by atoms with Gasteiger partial charge in [0.25, 0.3) is 0 Å². The predicted molar refractivity (Wildman–Crippen MR) is 94.0 cm³/mol. The van der Waals surface area contributed by atoms with Crippen LogP contribution >= 0.6 is 0 Å². The van der Waals surface area contributed by atoms with Gasteiger partial charge in [0, 0.05) is 0 Å². The summed E-state index contributed by atoms with van der Waals surface area (Å²) in [6.45, 7) is -0.871. The molecule has 1 aromatic rings. The zero-order valence-corrected chi connectivity index (χ0v) is 15.6. The molecule has 29 heavy (non-hydrogen) atoms. The summed E-state index contributed by atoms with van der Waals surface area (Å²) < 4.78 is 26.9. The summed E-state index contributed by atoms with van der Waals surface area (Å²) in [6, 6.07) is 6.62. The summed E-state index contributed by atoms with van der Waals surface area (Å²) in [5.74, 6) is 0.633. The molecule has 0 bridgehead atoms. The topological polar surface area (TPSA) is 168 Å². The Kier molecular flexibility index (Phi) is 7.27. The first-order chi connectivity index (χ1) is 13.9. The van der Waals surface area contributed by atoms with Crippen molar-refractivity contribution < 1.29 is 54.3 Å². The second kappa shape index (κ2) is 9.51. The molecule has 0 unspecified atom stereocenters. The Hall–Kier alpha value is -1.54. The monoisotopic (exact) mass is 418 g/mol. The van der Waals surface area contributed by atoms with E-state index in [-0.39, 0.29) is 12.4 Å². The highest BCUT2D eigenvalue weighted by Crippen LogP contribution is 2.31. The van der Waals surface area contributed by atoms with Gasteiger partial charge in [-0.3, -0.25) is 0 Å². The van der Waals surface area contributed by atoms with Crippen LogP contribution in [-0.4, -0.2) is 106 Å². The SMILES string of the molecule is COc1ccccc1O[C@@H]1O[C@H](CO[C@H]2O[C@H](CO)[C@@H](O)[C@H]2O)[C@@H](O)[C@H](O)[C@H]1O. The van der Waals surface area contributed by atoms with Crippen molar-refractivity contribution in [3.63, 3.8) is 0 Å². The first kappa shape index (κ1) is 22.2. The van der Waals surface area contributed by atoms with Crippen molar-refractivity contribution in [2.75, 3.05) is 20.3 Å². The number of aliphatic hydroxyl groups excluding tert-OH is 6. The molecule has 2 saturated heterocycles. The fraction of sp³-hybridized carbons (Fsp3) is 0.667. The highest BCUT2D eigenvalue weighted by atomic mass is 16.7. The zero-order valence-electron chi connectivity index (χ0n) is 15.6. The summed E-state index contributed by atoms with van der Waals surface area (Å²) in [5.41, 5.74) is 0. The van der Waals surface area contributed by atoms with E-state index < -0.39 is 61.9 Å². The van der Waals surface area contributed by atoms with Gasteiger partial charge in [-0.15, -0.1) is 0 Å². The van der Waals surface area contributed by atoms with Gasteiger partial charge in [-0.1, -0.05) is 12.1 Å². The fourth-order valence-corrected chi connectivity index (χ4v) is 3.19. The number of aliphatic hydroxyl groups is 6. The highest BCUT2D eigenvalue weighted by molar-refractivity contribution is 5.39. The predicted octanol–water partition coefficient (Wildman–Crippen LogP) is -2.66. The third-order valence-electron chi connectivity index (χ3n) is 4.90. The van der Waals surface area contributed by atoms with Crippen LogP contribution < -0.4 is 9.47 Å². The van der Waals surface area contributed by atoms with Crippen LogP contribution in [0, 0.1) is 0 Å². The van der Waals surface area contributed by atoms with Crippen LogP contribution in [0.2, 0.25) is 0 Å². The third-order valence-corrected chi connectivity index (χ3v) is 4.90. The summed E-state index contributed by atoms with van der Waals surface area (Å²) in [5, 5.41) is 59.3. The van der Waals surface area contributed by atoms with E-state index in [1.54, 1.807) is 24.3 Å². The first-order valence-corrected chi connectivity index (χ1v) is 9.10. The number of hydrogen-bond acceptors (Lipinski definition) is 11. The molecular formula is C18H26O11. The van der Waals surface area contributed by atoms with Gasteiger partial charge >= 0.3 is 0 Å². The average molecular weight is 418 g/mol. The quantitative estimate of drug-likeness (QED) is 0.273. The summed E-state index contributed by atoms with van der Waals surface area (Å²) >= 11 is 0. The lowest BCUT2D eigenvalue weighted by Crippen LogP contribution is -2.60. The second-order valence-corrected chi connectivity index (χ2v) is 6.82. The van der Waals surface area contributed by atoms with E-state index in [0.717, 1.165) is 0 Å². The van der Waals surface area contributed by atoms with Gasteiger partial charge in [-0.2, -0.15) is 0 Å². The van der Waals surface area contributed by atoms with Crippen molar-refractivity contribution >= 4 is 0 Å². The largest absolute Gasteiger partial charge is 0.493 e. The maximum absolute atomic E-state index is 10.2. The highest BCUT2D eigenvalue weighted by Gasteiger charge is 2.47. The van der Waals surface area contributed by atoms with Crippen LogP contribution in [0.5, 0.6) is 11.5 Å². The molecule has 11 nitrogen and oxygen atoms in total. The molecule has 0 saturated carbocycles. The molecule has 0 spiro atoms. The Morgan fingerprint density at radius 1 is 0.793 bits per heavy atom. The molecule has 0 amide bonds. The number of rotatable bonds is 7. The van der Waals surface area contributed by atoms with Crippen molar-refractivity contribution in [3.05, 3.63) is 24.3 Å². The van der Waals surface area contributed by atoms with Crippen molar-refractivity contribution in [3.8, 4) is 11.5 Å². The van der Waals surface area contributed by atoms with Crippen LogP contribution in [0.25, 0.3) is 0 Å². The van der Waals surface area contributed by atoms with E-state index in [2.05, 4.69) is 0 Å². The van der Waals surface area contributed by atoms with Gasteiger partial charge in [-0.05, 0) is 12.1 Å². The lowest BCUT2D eigenvalue weighted by Gasteiger charge is -2.40. The molecule has 164 valence electrons. The summed E-state index contributed by atoms with van der Waals surface area (Å²) in [4.78, 5) is 0. The maximum atomic E-state index is 10.2. The minimum Gasteiger partial charge on any atom is -0.493 e. The van der Waals surface area contributed by atoms with Crippen molar-refractivity contribution in [2.24, 2.45) is 0 Å². The van der Waals surface area contributed by atoms with Crippen molar-refractivity contribution in [2.45, 2.75) is 55.3 Å². The lowest BCUT2D eigenvalue weighted by atomic mass is 9.99. The number of ether oxygens (including phenoxy) is 5. The molecule has 0 aromatic heterocycles. The number of methoxy groups -OCH3 is 1. The normalized spacial score (nSPS) is 40.0. The molecule has 0 aliphatic carbocycles. The summed E-state index contributed by atoms with van der Waals surface area (Å²) in [7, 11) is 1.44. The minimum atomic E-state index is -1.60. The van der Waals surface area contributed by atoms with Gasteiger partial charge in [0.15, 0.2) is 17.8 Å². The van der Waals surface area contributed by atoms with Crippen LogP contribution in [-0.2, 0) is 14.2 Å². The van der Waals surface area contributed by atoms with Gasteiger partial charge in [0.2, 0.25) is 6.29 Å². The van der Waals surface area contributed by atoms with Gasteiger partial charge in [0.05, 0.1) is 20.3 Å². The van der Waals surface area contributed by atoms with Crippen molar-refractivity contribution in [1.29, 1.82) is 0 Å². The fourth-order valence-electron chi connectivity index (χ4n) is 3.19. The molecule has 6 N–H and O–H groups in total. The van der Waals surface area contributed by atoms with Gasteiger partial charge < -0.3 is 54.3 Å². The molecule has 2 aliphatic rings. The van der Waals surface area contributed by atoms with Crippen LogP contribution in [0.1, 0.15) is 0 Å². The van der Waals surface area contributed by atoms with Gasteiger partial charge in [-0.25, -0.2) is 0 Å². The average Bonchev–Trinajstić information content (AvgIpc) is 3.01.